The summed E-state index contributed by atoms with van der Waals surface area (Å²) in [5.74, 6) is 0. The Hall–Kier alpha value is -7.35. The molecule has 0 saturated heterocycles. The molecule has 0 bridgehead atoms. The van der Waals surface area contributed by atoms with Crippen LogP contribution in [-0.4, -0.2) is 6.72 Å². The van der Waals surface area contributed by atoms with Gasteiger partial charge < -0.3 is 0 Å². The van der Waals surface area contributed by atoms with E-state index in [-0.39, 0.29) is 5.41 Å². The zero-order valence-corrected chi connectivity index (χ0v) is 34.6. The Kier molecular flexibility index (Phi) is 13.2. The van der Waals surface area contributed by atoms with E-state index in [1.54, 1.807) is 12.2 Å². The summed E-state index contributed by atoms with van der Waals surface area (Å²) in [7, 11) is 0. The molecule has 0 aliphatic heterocycles. The van der Waals surface area contributed by atoms with Crippen molar-refractivity contribution < 1.29 is 0 Å². The number of fused-ring (bicyclic) bond motifs is 3. The molecule has 0 N–H and O–H groups in total. The molecule has 0 aromatic heterocycles. The number of allylic oxidation sites excluding steroid dienone is 3. The molecular formula is C59H51N. The second-order valence-corrected chi connectivity index (χ2v) is 15.1. The largest absolute Gasteiger partial charge is 0.264 e. The fraction of sp³-hybridized carbons (Fsp3) is 0.0678. The molecule has 1 heteroatoms. The first-order chi connectivity index (χ1) is 29.4. The lowest BCUT2D eigenvalue weighted by atomic mass is 9.72. The van der Waals surface area contributed by atoms with Gasteiger partial charge in [0, 0.05) is 5.41 Å². The zero-order valence-electron chi connectivity index (χ0n) is 34.6. The van der Waals surface area contributed by atoms with Crippen molar-refractivity contribution in [3.63, 3.8) is 0 Å². The molecule has 1 nitrogen and oxygen atoms in total. The van der Waals surface area contributed by atoms with Crippen molar-refractivity contribution in [2.45, 2.75) is 25.7 Å². The molecule has 0 saturated carbocycles. The quantitative estimate of drug-likeness (QED) is 0.102. The standard InChI is InChI=1S/C48H37N.C7H8.C4H6/c1-48(41-20-7-4-8-21-41)45-25-10-9-22-43(45)44-24-13-23-42(47(44)48)40-19-12-18-39(33-40)38-17-11-14-34(32-38)26-31-46(49-2)37-29-27-36(28-30-37)35-15-5-3-6-16-35;1-7-5-3-2-4-6-7;1-3-4-2/h3-25,27-33H,2,26H2,1H3;2-6H,1H3;3-4H,1-2H2/b46-31-;;. The molecule has 0 fully saturated rings. The van der Waals surface area contributed by atoms with Crippen molar-refractivity contribution >= 4 is 12.4 Å². The first kappa shape index (κ1) is 40.8. The van der Waals surface area contributed by atoms with E-state index in [0.717, 1.165) is 17.7 Å². The van der Waals surface area contributed by atoms with Gasteiger partial charge in [-0.15, -0.1) is 0 Å². The topological polar surface area (TPSA) is 12.4 Å². The SMILES string of the molecule is C=CC=C.C=N/C(=C\Cc1cccc(-c2cccc(-c3cccc4c3C(C)(c3ccccc3)c3ccccc3-4)c2)c1)c1ccc(-c2ccccc2)cc1.Cc1ccccc1. The molecule has 1 unspecified atom stereocenters. The fourth-order valence-corrected chi connectivity index (χ4v) is 8.15. The van der Waals surface area contributed by atoms with Crippen LogP contribution in [0.1, 0.15) is 40.3 Å². The van der Waals surface area contributed by atoms with E-state index in [4.69, 9.17) is 0 Å². The van der Waals surface area contributed by atoms with Crippen LogP contribution in [0.5, 0.6) is 0 Å². The average Bonchev–Trinajstić information content (AvgIpc) is 3.59. The van der Waals surface area contributed by atoms with E-state index in [0.29, 0.717) is 0 Å². The highest BCUT2D eigenvalue weighted by Gasteiger charge is 2.42. The van der Waals surface area contributed by atoms with Gasteiger partial charge in [-0.1, -0.05) is 237 Å². The molecule has 0 amide bonds. The van der Waals surface area contributed by atoms with E-state index < -0.39 is 0 Å². The van der Waals surface area contributed by atoms with Crippen LogP contribution in [0.2, 0.25) is 0 Å². The lowest BCUT2D eigenvalue weighted by molar-refractivity contribution is 0.716. The number of rotatable bonds is 9. The van der Waals surface area contributed by atoms with Gasteiger partial charge in [-0.25, -0.2) is 0 Å². The van der Waals surface area contributed by atoms with Crippen LogP contribution >= 0.6 is 0 Å². The van der Waals surface area contributed by atoms with Crippen LogP contribution in [0.3, 0.4) is 0 Å². The second-order valence-electron chi connectivity index (χ2n) is 15.1. The second kappa shape index (κ2) is 19.4. The highest BCUT2D eigenvalue weighted by molar-refractivity contribution is 5.91. The van der Waals surface area contributed by atoms with Gasteiger partial charge in [0.05, 0.1) is 5.70 Å². The Balaban J connectivity index is 0.000000435. The van der Waals surface area contributed by atoms with Gasteiger partial charge in [-0.05, 0) is 105 Å². The van der Waals surface area contributed by atoms with Crippen molar-refractivity contribution in [1.82, 2.24) is 0 Å². The van der Waals surface area contributed by atoms with Crippen LogP contribution in [0.4, 0.5) is 0 Å². The van der Waals surface area contributed by atoms with Crippen LogP contribution < -0.4 is 0 Å². The summed E-state index contributed by atoms with van der Waals surface area (Å²) in [6.07, 6.45) is 6.22. The maximum Gasteiger partial charge on any atom is 0.0658 e. The zero-order chi connectivity index (χ0) is 41.7. The third-order valence-electron chi connectivity index (χ3n) is 11.2. The molecular weight excluding hydrogens is 723 g/mol. The molecule has 292 valence electrons. The third-order valence-corrected chi connectivity index (χ3v) is 11.2. The smallest absolute Gasteiger partial charge is 0.0658 e. The van der Waals surface area contributed by atoms with E-state index in [2.05, 4.69) is 227 Å². The van der Waals surface area contributed by atoms with Gasteiger partial charge in [0.25, 0.3) is 0 Å². The number of hydrogen-bond donors (Lipinski definition) is 0. The minimum atomic E-state index is -0.259. The summed E-state index contributed by atoms with van der Waals surface area (Å²) >= 11 is 0. The van der Waals surface area contributed by atoms with E-state index >= 15 is 0 Å². The number of benzene rings is 8. The lowest BCUT2D eigenvalue weighted by Crippen LogP contribution is -2.23. The molecule has 60 heavy (non-hydrogen) atoms. The van der Waals surface area contributed by atoms with Gasteiger partial charge in [-0.3, -0.25) is 4.99 Å². The maximum absolute atomic E-state index is 4.39. The maximum atomic E-state index is 4.39. The Morgan fingerprint density at radius 2 is 1.02 bits per heavy atom. The molecule has 0 spiro atoms. The Labute approximate surface area is 357 Å². The van der Waals surface area contributed by atoms with Crippen LogP contribution in [0.25, 0.3) is 50.2 Å². The molecule has 0 radical (unpaired) electrons. The molecule has 8 aromatic carbocycles. The number of hydrogen-bond acceptors (Lipinski definition) is 1. The molecule has 1 atom stereocenters. The highest BCUT2D eigenvalue weighted by atomic mass is 14.7. The number of aliphatic imine (C=N–C) groups is 1. The van der Waals surface area contributed by atoms with E-state index in [9.17, 15) is 0 Å². The lowest BCUT2D eigenvalue weighted by Gasteiger charge is -2.30. The predicted octanol–water partition coefficient (Wildman–Crippen LogP) is 15.7. The van der Waals surface area contributed by atoms with Gasteiger partial charge in [0.15, 0.2) is 0 Å². The van der Waals surface area contributed by atoms with Crippen molar-refractivity contribution in [3.05, 3.63) is 271 Å². The summed E-state index contributed by atoms with van der Waals surface area (Å²) in [6, 6.07) is 73.8. The van der Waals surface area contributed by atoms with Gasteiger partial charge in [-0.2, -0.15) is 0 Å². The predicted molar refractivity (Wildman–Crippen MR) is 259 cm³/mol. The van der Waals surface area contributed by atoms with E-state index in [1.165, 1.54) is 72.3 Å². The highest BCUT2D eigenvalue weighted by Crippen LogP contribution is 2.55. The number of aryl methyl sites for hydroxylation is 1. The van der Waals surface area contributed by atoms with Gasteiger partial charge in [0.1, 0.15) is 0 Å². The van der Waals surface area contributed by atoms with Crippen molar-refractivity contribution in [3.8, 4) is 44.5 Å². The van der Waals surface area contributed by atoms with E-state index in [1.807, 2.05) is 24.3 Å². The van der Waals surface area contributed by atoms with Crippen LogP contribution in [0, 0.1) is 6.92 Å². The minimum Gasteiger partial charge on any atom is -0.264 e. The average molecular weight is 774 g/mol. The van der Waals surface area contributed by atoms with Gasteiger partial charge >= 0.3 is 0 Å². The Bertz CT molecular complexity index is 2720. The molecule has 1 aliphatic carbocycles. The van der Waals surface area contributed by atoms with Crippen LogP contribution in [0.15, 0.2) is 243 Å². The van der Waals surface area contributed by atoms with Gasteiger partial charge in [0.2, 0.25) is 0 Å². The first-order valence-electron chi connectivity index (χ1n) is 20.5. The minimum absolute atomic E-state index is 0.259. The molecule has 0 heterocycles. The molecule has 1 aliphatic rings. The molecule has 9 rings (SSSR count). The Morgan fingerprint density at radius 3 is 1.67 bits per heavy atom. The normalized spacial score (nSPS) is 13.6. The van der Waals surface area contributed by atoms with Crippen molar-refractivity contribution in [2.75, 3.05) is 0 Å². The monoisotopic (exact) mass is 773 g/mol. The summed E-state index contributed by atoms with van der Waals surface area (Å²) in [4.78, 5) is 4.39. The van der Waals surface area contributed by atoms with Crippen LogP contribution in [-0.2, 0) is 11.8 Å². The van der Waals surface area contributed by atoms with Crippen molar-refractivity contribution in [1.29, 1.82) is 0 Å². The summed E-state index contributed by atoms with van der Waals surface area (Å²) in [5, 5.41) is 0. The third kappa shape index (κ3) is 9.02. The summed E-state index contributed by atoms with van der Waals surface area (Å²) in [5.41, 5.74) is 18.3. The summed E-state index contributed by atoms with van der Waals surface area (Å²) < 4.78 is 0. The molecule has 8 aromatic rings. The summed E-state index contributed by atoms with van der Waals surface area (Å²) in [6.45, 7) is 15.1. The fourth-order valence-electron chi connectivity index (χ4n) is 8.15. The number of nitrogens with zero attached hydrogens (tertiary/aromatic N) is 1. The Morgan fingerprint density at radius 1 is 0.500 bits per heavy atom. The van der Waals surface area contributed by atoms with Crippen molar-refractivity contribution in [2.24, 2.45) is 4.99 Å². The first-order valence-corrected chi connectivity index (χ1v) is 20.5.